The first kappa shape index (κ1) is 24.9. The van der Waals surface area contributed by atoms with Crippen molar-refractivity contribution in [3.8, 4) is 11.4 Å². The zero-order valence-corrected chi connectivity index (χ0v) is 22.7. The number of hydrogen-bond acceptors (Lipinski definition) is 11. The molecule has 1 aliphatic heterocycles. The van der Waals surface area contributed by atoms with Crippen LogP contribution in [0.15, 0.2) is 42.7 Å². The molecule has 12 nitrogen and oxygen atoms in total. The Hall–Kier alpha value is -3.87. The van der Waals surface area contributed by atoms with Crippen LogP contribution in [-0.4, -0.2) is 70.7 Å². The Morgan fingerprint density at radius 3 is 2.29 bits per heavy atom. The van der Waals surface area contributed by atoms with E-state index in [-0.39, 0.29) is 10.8 Å². The first-order chi connectivity index (χ1) is 21.6. The van der Waals surface area contributed by atoms with E-state index in [1.54, 1.807) is 29.0 Å². The highest BCUT2D eigenvalue weighted by Gasteiger charge is 2.53. The lowest BCUT2D eigenvalue weighted by molar-refractivity contribution is -0.288. The number of carbonyl (C=O) groups is 4. The van der Waals surface area contributed by atoms with Gasteiger partial charge in [-0.1, -0.05) is 23.2 Å². The van der Waals surface area contributed by atoms with Crippen LogP contribution < -0.4 is 4.74 Å². The van der Waals surface area contributed by atoms with Crippen LogP contribution in [-0.2, 0) is 42.9 Å². The lowest BCUT2D eigenvalue weighted by Crippen LogP contribution is -2.63. The molecule has 1 aromatic carbocycles. The van der Waals surface area contributed by atoms with Gasteiger partial charge in [0.1, 0.15) is 24.1 Å². The minimum absolute atomic E-state index is 0.00104. The molecule has 0 bridgehead atoms. The maximum atomic E-state index is 12.3. The Balaban J connectivity index is 1.71. The number of fused-ring (bicyclic) bond motifs is 1. The van der Waals surface area contributed by atoms with E-state index in [1.165, 1.54) is 12.3 Å². The summed E-state index contributed by atoms with van der Waals surface area (Å²) in [6.07, 6.45) is -4.85. The SMILES string of the molecule is [2H]CC(=O)OC[C@H]1OC(Oc2ccc(-n3ccc4cc(Cl)cnc43)cc2Cl)[C@@H](OC(=O)C[2H])[C@@H](OC(=O)C[2H])[C@@H]1OC(=O)C[2H]. The molecule has 1 unspecified atom stereocenters. The van der Waals surface area contributed by atoms with Crippen LogP contribution in [0.25, 0.3) is 16.7 Å². The number of ether oxygens (including phenoxy) is 6. The number of benzene rings is 1. The van der Waals surface area contributed by atoms with Crippen LogP contribution >= 0.6 is 23.2 Å². The lowest BCUT2D eigenvalue weighted by Gasteiger charge is -2.44. The van der Waals surface area contributed by atoms with Gasteiger partial charge in [-0.05, 0) is 30.3 Å². The van der Waals surface area contributed by atoms with E-state index in [1.807, 2.05) is 6.07 Å². The van der Waals surface area contributed by atoms with Crippen LogP contribution in [0.5, 0.6) is 5.75 Å². The lowest BCUT2D eigenvalue weighted by atomic mass is 9.98. The average molecular weight is 613 g/mol. The van der Waals surface area contributed by atoms with Crippen LogP contribution in [0.1, 0.15) is 33.1 Å². The topological polar surface area (TPSA) is 141 Å². The van der Waals surface area contributed by atoms with Gasteiger partial charge < -0.3 is 33.0 Å². The van der Waals surface area contributed by atoms with Crippen molar-refractivity contribution in [2.24, 2.45) is 0 Å². The number of rotatable bonds is 8. The van der Waals surface area contributed by atoms with Crippen molar-refractivity contribution in [2.45, 2.75) is 58.3 Å². The van der Waals surface area contributed by atoms with Crippen LogP contribution in [0, 0.1) is 0 Å². The van der Waals surface area contributed by atoms with Crippen molar-refractivity contribution in [2.75, 3.05) is 6.61 Å². The first-order valence-corrected chi connectivity index (χ1v) is 12.5. The summed E-state index contributed by atoms with van der Waals surface area (Å²) in [6.45, 7) is -3.96. The molecule has 0 aliphatic carbocycles. The molecule has 3 heterocycles. The normalized spacial score (nSPS) is 23.3. The molecule has 0 N–H and O–H groups in total. The highest BCUT2D eigenvalue weighted by atomic mass is 35.5. The number of halogens is 2. The second kappa shape index (κ2) is 12.8. The van der Waals surface area contributed by atoms with Gasteiger partial charge >= 0.3 is 23.9 Å². The summed E-state index contributed by atoms with van der Waals surface area (Å²) in [5.74, 6) is -4.26. The van der Waals surface area contributed by atoms with E-state index >= 15 is 0 Å². The predicted molar refractivity (Wildman–Crippen MR) is 144 cm³/mol. The second-order valence-electron chi connectivity index (χ2n) is 8.57. The monoisotopic (exact) mass is 612 g/mol. The molecule has 14 heteroatoms. The average Bonchev–Trinajstić information content (AvgIpc) is 3.45. The molecule has 1 saturated heterocycles. The molecule has 0 radical (unpaired) electrons. The summed E-state index contributed by atoms with van der Waals surface area (Å²) >= 11 is 12.6. The van der Waals surface area contributed by atoms with Gasteiger partial charge in [0, 0.05) is 56.5 Å². The van der Waals surface area contributed by atoms with Gasteiger partial charge in [0.05, 0.1) is 10.0 Å². The highest BCUT2D eigenvalue weighted by molar-refractivity contribution is 6.32. The number of carbonyl (C=O) groups excluding carboxylic acids is 4. The zero-order chi connectivity index (χ0) is 32.7. The van der Waals surface area contributed by atoms with Crippen molar-refractivity contribution in [1.82, 2.24) is 9.55 Å². The quantitative estimate of drug-likeness (QED) is 0.271. The maximum Gasteiger partial charge on any atom is 0.303 e. The summed E-state index contributed by atoms with van der Waals surface area (Å²) in [6, 6.07) is 8.20. The summed E-state index contributed by atoms with van der Waals surface area (Å²) in [4.78, 5) is 52.9. The van der Waals surface area contributed by atoms with E-state index in [4.69, 9.17) is 57.1 Å². The molecule has 0 saturated carbocycles. The zero-order valence-electron chi connectivity index (χ0n) is 25.2. The molecule has 218 valence electrons. The molecule has 41 heavy (non-hydrogen) atoms. The molecular weight excluding hydrogens is 583 g/mol. The number of nitrogens with zero attached hydrogens (tertiary/aromatic N) is 2. The molecule has 2 aromatic heterocycles. The van der Waals surface area contributed by atoms with Crippen molar-refractivity contribution in [3.63, 3.8) is 0 Å². The molecular formula is C27H26Cl2N2O10. The molecule has 0 spiro atoms. The van der Waals surface area contributed by atoms with Crippen LogP contribution in [0.2, 0.25) is 10.0 Å². The summed E-state index contributed by atoms with van der Waals surface area (Å²) in [7, 11) is 0. The molecule has 0 amide bonds. The maximum absolute atomic E-state index is 12.3. The van der Waals surface area contributed by atoms with Crippen molar-refractivity contribution >= 4 is 58.1 Å². The van der Waals surface area contributed by atoms with Crippen molar-refractivity contribution in [3.05, 3.63) is 52.8 Å². The number of aromatic nitrogens is 2. The predicted octanol–water partition coefficient (Wildman–Crippen LogP) is 3.79. The minimum Gasteiger partial charge on any atom is -0.463 e. The fraction of sp³-hybridized carbons (Fsp3) is 0.370. The third-order valence-electron chi connectivity index (χ3n) is 5.73. The van der Waals surface area contributed by atoms with E-state index < -0.39 is 88.8 Å². The van der Waals surface area contributed by atoms with Gasteiger partial charge in [0.25, 0.3) is 0 Å². The number of esters is 4. The van der Waals surface area contributed by atoms with Crippen molar-refractivity contribution < 1.29 is 53.1 Å². The van der Waals surface area contributed by atoms with E-state index in [0.29, 0.717) is 16.4 Å². The van der Waals surface area contributed by atoms with Gasteiger partial charge in [-0.15, -0.1) is 0 Å². The Labute approximate surface area is 249 Å². The first-order valence-electron chi connectivity index (χ1n) is 14.6. The number of hydrogen-bond donors (Lipinski definition) is 0. The Kier molecular flexibility index (Phi) is 7.74. The smallest absolute Gasteiger partial charge is 0.303 e. The van der Waals surface area contributed by atoms with E-state index in [2.05, 4.69) is 4.98 Å². The van der Waals surface area contributed by atoms with Gasteiger partial charge in [-0.25, -0.2) is 4.98 Å². The van der Waals surface area contributed by atoms with E-state index in [0.717, 1.165) is 5.39 Å². The van der Waals surface area contributed by atoms with Gasteiger partial charge in [0.2, 0.25) is 12.4 Å². The second-order valence-corrected chi connectivity index (χ2v) is 9.42. The third kappa shape index (κ3) is 7.26. The molecule has 5 atom stereocenters. The van der Waals surface area contributed by atoms with Crippen molar-refractivity contribution in [1.29, 1.82) is 0 Å². The summed E-state index contributed by atoms with van der Waals surface area (Å²) < 4.78 is 64.0. The Bertz CT molecular complexity index is 1560. The minimum atomic E-state index is -1.70. The van der Waals surface area contributed by atoms with Crippen LogP contribution in [0.4, 0.5) is 0 Å². The number of pyridine rings is 1. The Morgan fingerprint density at radius 2 is 1.61 bits per heavy atom. The fourth-order valence-electron chi connectivity index (χ4n) is 4.21. The third-order valence-corrected chi connectivity index (χ3v) is 6.23. The van der Waals surface area contributed by atoms with E-state index in [9.17, 15) is 19.2 Å². The molecule has 1 fully saturated rings. The molecule has 1 aliphatic rings. The standard InChI is InChI=1S/C27H26Cl2N2O10/c1-13(32)36-12-22-23(37-14(2)33)24(38-15(3)34)25(39-16(4)35)27(41-22)40-21-6-5-19(10-20(21)29)31-8-7-17-9-18(28)11-30-26(17)31/h5-11,22-25,27H,12H2,1-4H3/t22-,23-,24+,25+,27?/m1/s1/i1D,2D,3D,4D. The highest BCUT2D eigenvalue weighted by Crippen LogP contribution is 2.35. The summed E-state index contributed by atoms with van der Waals surface area (Å²) in [5, 5.41) is 1.29. The van der Waals surface area contributed by atoms with Gasteiger partial charge in [-0.2, -0.15) is 0 Å². The van der Waals surface area contributed by atoms with Gasteiger partial charge in [-0.3, -0.25) is 19.2 Å². The molecule has 4 rings (SSSR count). The fourth-order valence-corrected chi connectivity index (χ4v) is 4.59. The van der Waals surface area contributed by atoms with Gasteiger partial charge in [0.15, 0.2) is 12.2 Å². The Morgan fingerprint density at radius 1 is 0.927 bits per heavy atom. The van der Waals surface area contributed by atoms with Crippen LogP contribution in [0.3, 0.4) is 0 Å². The molecule has 3 aromatic rings. The summed E-state index contributed by atoms with van der Waals surface area (Å²) in [5.41, 5.74) is 1.18. The largest absolute Gasteiger partial charge is 0.463 e.